The first-order valence-electron chi connectivity index (χ1n) is 5.50. The van der Waals surface area contributed by atoms with Crippen molar-refractivity contribution in [3.63, 3.8) is 0 Å². The number of nitrogens with zero attached hydrogens (tertiary/aromatic N) is 4. The molecule has 0 spiro atoms. The zero-order valence-corrected chi connectivity index (χ0v) is 12.1. The molecule has 0 unspecified atom stereocenters. The molecule has 20 heavy (non-hydrogen) atoms. The lowest BCUT2D eigenvalue weighted by Gasteiger charge is -2.10. The summed E-state index contributed by atoms with van der Waals surface area (Å²) in [4.78, 5) is 35.2. The summed E-state index contributed by atoms with van der Waals surface area (Å²) in [5.74, 6) is 0. The van der Waals surface area contributed by atoms with E-state index in [4.69, 9.17) is 23.2 Å². The molecule has 0 amide bonds. The third kappa shape index (κ3) is 2.41. The Kier molecular flexibility index (Phi) is 3.82. The van der Waals surface area contributed by atoms with Crippen LogP contribution in [0.1, 0.15) is 5.69 Å². The number of hydrogen-bond donors (Lipinski definition) is 0. The van der Waals surface area contributed by atoms with Gasteiger partial charge in [0.2, 0.25) is 0 Å². The zero-order chi connectivity index (χ0) is 15.0. The van der Waals surface area contributed by atoms with Crippen LogP contribution in [0.15, 0.2) is 26.6 Å². The van der Waals surface area contributed by atoms with E-state index < -0.39 is 16.8 Å². The van der Waals surface area contributed by atoms with E-state index >= 15 is 0 Å². The Hall–Kier alpha value is -1.86. The molecule has 0 aliphatic rings. The minimum Gasteiger partial charge on any atom is -0.299 e. The minimum absolute atomic E-state index is 0.0470. The Balaban J connectivity index is 2.57. The van der Waals surface area contributed by atoms with Gasteiger partial charge >= 0.3 is 5.69 Å². The summed E-state index contributed by atoms with van der Waals surface area (Å²) in [6.07, 6.45) is 1.23. The van der Waals surface area contributed by atoms with Gasteiger partial charge in [-0.15, -0.1) is 0 Å². The van der Waals surface area contributed by atoms with Crippen molar-refractivity contribution in [1.29, 1.82) is 0 Å². The standard InChI is InChI=1S/C11H10Cl2N4O3/c1-15-6(3-8(18)16(2)11(15)20)5-17-10(19)9(13)7(12)4-14-17/h3-4H,5H2,1-2H3. The van der Waals surface area contributed by atoms with Crippen LogP contribution < -0.4 is 16.8 Å². The van der Waals surface area contributed by atoms with Crippen molar-refractivity contribution in [2.24, 2.45) is 14.1 Å². The fourth-order valence-corrected chi connectivity index (χ4v) is 1.91. The van der Waals surface area contributed by atoms with Crippen molar-refractivity contribution in [2.45, 2.75) is 6.54 Å². The third-order valence-electron chi connectivity index (χ3n) is 2.88. The average Bonchev–Trinajstić information content (AvgIpc) is 2.42. The molecule has 9 heteroatoms. The van der Waals surface area contributed by atoms with Gasteiger partial charge in [0, 0.05) is 25.9 Å². The predicted molar refractivity (Wildman–Crippen MR) is 74.5 cm³/mol. The summed E-state index contributed by atoms with van der Waals surface area (Å²) in [6, 6.07) is 1.26. The summed E-state index contributed by atoms with van der Waals surface area (Å²) in [7, 11) is 2.87. The van der Waals surface area contributed by atoms with Crippen LogP contribution in [0.25, 0.3) is 0 Å². The maximum Gasteiger partial charge on any atom is 0.330 e. The number of hydrogen-bond acceptors (Lipinski definition) is 4. The molecule has 0 atom stereocenters. The van der Waals surface area contributed by atoms with Crippen molar-refractivity contribution < 1.29 is 0 Å². The molecule has 0 aromatic carbocycles. The van der Waals surface area contributed by atoms with E-state index in [0.29, 0.717) is 5.69 Å². The summed E-state index contributed by atoms with van der Waals surface area (Å²) >= 11 is 11.4. The van der Waals surface area contributed by atoms with Gasteiger partial charge in [-0.1, -0.05) is 23.2 Å². The lowest BCUT2D eigenvalue weighted by molar-refractivity contribution is 0.575. The van der Waals surface area contributed by atoms with E-state index in [1.165, 1.54) is 30.9 Å². The molecule has 0 aliphatic carbocycles. The molecule has 106 valence electrons. The molecule has 2 heterocycles. The highest BCUT2D eigenvalue weighted by molar-refractivity contribution is 6.41. The topological polar surface area (TPSA) is 78.9 Å². The normalized spacial score (nSPS) is 10.8. The lowest BCUT2D eigenvalue weighted by atomic mass is 10.4. The van der Waals surface area contributed by atoms with E-state index in [2.05, 4.69) is 5.10 Å². The highest BCUT2D eigenvalue weighted by Gasteiger charge is 2.11. The van der Waals surface area contributed by atoms with Gasteiger partial charge in [-0.25, -0.2) is 9.48 Å². The van der Waals surface area contributed by atoms with Crippen LogP contribution in [0.2, 0.25) is 10.0 Å². The zero-order valence-electron chi connectivity index (χ0n) is 10.6. The first-order valence-corrected chi connectivity index (χ1v) is 6.25. The first-order chi connectivity index (χ1) is 9.32. The molecule has 2 rings (SSSR count). The maximum atomic E-state index is 11.9. The Morgan fingerprint density at radius 2 is 1.80 bits per heavy atom. The molecule has 0 N–H and O–H groups in total. The molecule has 0 saturated heterocycles. The van der Waals surface area contributed by atoms with Crippen LogP contribution in [0.5, 0.6) is 0 Å². The molecule has 0 aliphatic heterocycles. The van der Waals surface area contributed by atoms with Gasteiger partial charge in [-0.3, -0.25) is 18.7 Å². The van der Waals surface area contributed by atoms with Crippen LogP contribution in [0.3, 0.4) is 0 Å². The monoisotopic (exact) mass is 316 g/mol. The van der Waals surface area contributed by atoms with Gasteiger partial charge in [0.05, 0.1) is 17.8 Å². The van der Waals surface area contributed by atoms with Gasteiger partial charge in [-0.2, -0.15) is 5.10 Å². The van der Waals surface area contributed by atoms with Crippen LogP contribution in [-0.2, 0) is 20.6 Å². The van der Waals surface area contributed by atoms with Crippen molar-refractivity contribution >= 4 is 23.2 Å². The Bertz CT molecular complexity index is 850. The lowest BCUT2D eigenvalue weighted by Crippen LogP contribution is -2.39. The van der Waals surface area contributed by atoms with Crippen molar-refractivity contribution in [2.75, 3.05) is 0 Å². The number of halogens is 2. The van der Waals surface area contributed by atoms with Gasteiger partial charge in [-0.05, 0) is 0 Å². The van der Waals surface area contributed by atoms with Crippen LogP contribution in [-0.4, -0.2) is 18.9 Å². The molecule has 2 aromatic rings. The fourth-order valence-electron chi connectivity index (χ4n) is 1.64. The quantitative estimate of drug-likeness (QED) is 0.781. The minimum atomic E-state index is -0.590. The van der Waals surface area contributed by atoms with Gasteiger partial charge in [0.25, 0.3) is 11.1 Å². The van der Waals surface area contributed by atoms with E-state index in [1.807, 2.05) is 0 Å². The molecule has 7 nitrogen and oxygen atoms in total. The highest BCUT2D eigenvalue weighted by atomic mass is 35.5. The molecule has 0 radical (unpaired) electrons. The van der Waals surface area contributed by atoms with E-state index in [0.717, 1.165) is 9.25 Å². The van der Waals surface area contributed by atoms with Crippen LogP contribution in [0, 0.1) is 0 Å². The smallest absolute Gasteiger partial charge is 0.299 e. The number of aromatic nitrogens is 4. The van der Waals surface area contributed by atoms with Crippen molar-refractivity contribution in [1.82, 2.24) is 18.9 Å². The summed E-state index contributed by atoms with van der Waals surface area (Å²) in [6.45, 7) is -0.0580. The fraction of sp³-hybridized carbons (Fsp3) is 0.273. The van der Waals surface area contributed by atoms with E-state index in [1.54, 1.807) is 0 Å². The molecule has 0 saturated carbocycles. The predicted octanol–water partition coefficient (Wildman–Crippen LogP) is -0.00420. The van der Waals surface area contributed by atoms with Gasteiger partial charge < -0.3 is 0 Å². The Labute approximate surface area is 122 Å². The molecule has 2 aromatic heterocycles. The van der Waals surface area contributed by atoms with Crippen LogP contribution in [0.4, 0.5) is 0 Å². The van der Waals surface area contributed by atoms with Crippen molar-refractivity contribution in [3.05, 3.63) is 59.2 Å². The summed E-state index contributed by atoms with van der Waals surface area (Å²) < 4.78 is 3.26. The largest absolute Gasteiger partial charge is 0.330 e. The second kappa shape index (κ2) is 5.26. The van der Waals surface area contributed by atoms with E-state index in [9.17, 15) is 14.4 Å². The van der Waals surface area contributed by atoms with Crippen LogP contribution >= 0.6 is 23.2 Å². The average molecular weight is 317 g/mol. The molecular formula is C11H10Cl2N4O3. The summed E-state index contributed by atoms with van der Waals surface area (Å²) in [5, 5.41) is 3.71. The number of rotatable bonds is 2. The second-order valence-electron chi connectivity index (χ2n) is 4.14. The first kappa shape index (κ1) is 14.5. The molecular weight excluding hydrogens is 307 g/mol. The highest BCUT2D eigenvalue weighted by Crippen LogP contribution is 2.14. The maximum absolute atomic E-state index is 11.9. The Morgan fingerprint density at radius 1 is 1.15 bits per heavy atom. The molecule has 0 fully saturated rings. The second-order valence-corrected chi connectivity index (χ2v) is 4.93. The molecule has 0 bridgehead atoms. The SMILES string of the molecule is Cn1c(Cn2ncc(Cl)c(Cl)c2=O)cc(=O)n(C)c1=O. The Morgan fingerprint density at radius 3 is 2.45 bits per heavy atom. The van der Waals surface area contributed by atoms with Crippen molar-refractivity contribution in [3.8, 4) is 0 Å². The summed E-state index contributed by atoms with van der Waals surface area (Å²) in [5.41, 5.74) is -1.20. The third-order valence-corrected chi connectivity index (χ3v) is 3.63. The van der Waals surface area contributed by atoms with Gasteiger partial charge in [0.1, 0.15) is 5.02 Å². The van der Waals surface area contributed by atoms with Gasteiger partial charge in [0.15, 0.2) is 0 Å². The van der Waals surface area contributed by atoms with E-state index in [-0.39, 0.29) is 16.6 Å².